The molecular formula is C8H10FNO2. The molecule has 0 aliphatic heterocycles. The Morgan fingerprint density at radius 1 is 1.42 bits per heavy atom. The summed E-state index contributed by atoms with van der Waals surface area (Å²) in [6.07, 6.45) is 0. The second kappa shape index (κ2) is 2.98. The molecule has 4 heteroatoms. The van der Waals surface area contributed by atoms with E-state index in [4.69, 9.17) is 15.9 Å². The molecule has 0 aliphatic rings. The minimum Gasteiger partial charge on any atom is -0.504 e. The molecule has 4 N–H and O–H groups in total. The van der Waals surface area contributed by atoms with Crippen molar-refractivity contribution in [2.45, 2.75) is 13.5 Å². The van der Waals surface area contributed by atoms with Crippen molar-refractivity contribution in [1.29, 1.82) is 0 Å². The Morgan fingerprint density at radius 3 is 2.50 bits per heavy atom. The van der Waals surface area contributed by atoms with Gasteiger partial charge in [-0.15, -0.1) is 0 Å². The number of halogens is 1. The van der Waals surface area contributed by atoms with Gasteiger partial charge < -0.3 is 15.9 Å². The topological polar surface area (TPSA) is 66.5 Å². The van der Waals surface area contributed by atoms with Crippen LogP contribution in [0.15, 0.2) is 6.07 Å². The molecule has 0 aliphatic carbocycles. The van der Waals surface area contributed by atoms with Gasteiger partial charge in [-0.3, -0.25) is 0 Å². The number of hydrogen-bond acceptors (Lipinski definition) is 3. The fourth-order valence-corrected chi connectivity index (χ4v) is 0.984. The van der Waals surface area contributed by atoms with Crippen molar-refractivity contribution in [3.05, 3.63) is 23.0 Å². The predicted molar refractivity (Wildman–Crippen MR) is 42.4 cm³/mol. The molecule has 0 fully saturated rings. The number of aryl methyl sites for hydroxylation is 1. The van der Waals surface area contributed by atoms with Crippen LogP contribution in [-0.4, -0.2) is 10.2 Å². The maximum Gasteiger partial charge on any atom is 0.194 e. The molecule has 0 saturated heterocycles. The van der Waals surface area contributed by atoms with Gasteiger partial charge in [0.1, 0.15) is 0 Å². The summed E-state index contributed by atoms with van der Waals surface area (Å²) in [6, 6.07) is 1.41. The zero-order valence-electron chi connectivity index (χ0n) is 6.63. The van der Waals surface area contributed by atoms with E-state index in [0.29, 0.717) is 5.56 Å². The highest BCUT2D eigenvalue weighted by atomic mass is 19.1. The molecule has 0 aromatic heterocycles. The van der Waals surface area contributed by atoms with Crippen LogP contribution in [0, 0.1) is 12.7 Å². The first-order chi connectivity index (χ1) is 5.57. The van der Waals surface area contributed by atoms with Crippen LogP contribution in [0.1, 0.15) is 11.1 Å². The molecule has 0 spiro atoms. The van der Waals surface area contributed by atoms with Gasteiger partial charge in [0.25, 0.3) is 0 Å². The number of nitrogens with two attached hydrogens (primary N) is 1. The van der Waals surface area contributed by atoms with E-state index >= 15 is 0 Å². The first-order valence-electron chi connectivity index (χ1n) is 3.48. The fourth-order valence-electron chi connectivity index (χ4n) is 0.984. The summed E-state index contributed by atoms with van der Waals surface area (Å²) < 4.78 is 13.0. The summed E-state index contributed by atoms with van der Waals surface area (Å²) >= 11 is 0. The summed E-state index contributed by atoms with van der Waals surface area (Å²) in [5.41, 5.74) is 5.81. The molecule has 3 nitrogen and oxygen atoms in total. The second-order valence-electron chi connectivity index (χ2n) is 2.57. The molecular weight excluding hydrogens is 161 g/mol. The molecule has 0 atom stereocenters. The first kappa shape index (κ1) is 8.80. The van der Waals surface area contributed by atoms with E-state index in [0.717, 1.165) is 0 Å². The standard InChI is InChI=1S/C8H10FNO2/c1-4-2-5(3-10)6(9)8(12)7(4)11/h2,11-12H,3,10H2,1H3. The Bertz CT molecular complexity index is 312. The first-order valence-corrected chi connectivity index (χ1v) is 3.48. The van der Waals surface area contributed by atoms with Crippen molar-refractivity contribution >= 4 is 0 Å². The van der Waals surface area contributed by atoms with E-state index < -0.39 is 17.3 Å². The predicted octanol–water partition coefficient (Wildman–Crippen LogP) is 1.00. The quantitative estimate of drug-likeness (QED) is 0.552. The molecule has 0 amide bonds. The van der Waals surface area contributed by atoms with Crippen LogP contribution in [0.3, 0.4) is 0 Å². The molecule has 0 saturated carbocycles. The average molecular weight is 171 g/mol. The lowest BCUT2D eigenvalue weighted by atomic mass is 10.1. The van der Waals surface area contributed by atoms with Gasteiger partial charge in [-0.25, -0.2) is 4.39 Å². The Balaban J connectivity index is 3.39. The van der Waals surface area contributed by atoms with E-state index in [1.807, 2.05) is 0 Å². The van der Waals surface area contributed by atoms with Crippen LogP contribution < -0.4 is 5.73 Å². The van der Waals surface area contributed by atoms with Gasteiger partial charge in [0.15, 0.2) is 17.3 Å². The summed E-state index contributed by atoms with van der Waals surface area (Å²) in [5.74, 6) is -2.00. The Morgan fingerprint density at radius 2 is 2.00 bits per heavy atom. The SMILES string of the molecule is Cc1cc(CN)c(F)c(O)c1O. The number of phenolic OH excluding ortho intramolecular Hbond substituents is 2. The van der Waals surface area contributed by atoms with E-state index in [9.17, 15) is 4.39 Å². The molecule has 66 valence electrons. The lowest BCUT2D eigenvalue weighted by molar-refractivity contribution is 0.374. The monoisotopic (exact) mass is 171 g/mol. The van der Waals surface area contributed by atoms with Crippen LogP contribution in [0.5, 0.6) is 11.5 Å². The van der Waals surface area contributed by atoms with Crippen LogP contribution in [0.2, 0.25) is 0 Å². The summed E-state index contributed by atoms with van der Waals surface area (Å²) in [5, 5.41) is 18.1. The summed E-state index contributed by atoms with van der Waals surface area (Å²) in [7, 11) is 0. The van der Waals surface area contributed by atoms with E-state index in [2.05, 4.69) is 0 Å². The Hall–Kier alpha value is -1.29. The third kappa shape index (κ3) is 1.21. The van der Waals surface area contributed by atoms with Crippen molar-refractivity contribution in [1.82, 2.24) is 0 Å². The largest absolute Gasteiger partial charge is 0.504 e. The molecule has 0 heterocycles. The van der Waals surface area contributed by atoms with Crippen molar-refractivity contribution in [2.24, 2.45) is 5.73 Å². The Labute approximate surface area is 69.3 Å². The van der Waals surface area contributed by atoms with Gasteiger partial charge >= 0.3 is 0 Å². The average Bonchev–Trinajstić information content (AvgIpc) is 2.08. The highest BCUT2D eigenvalue weighted by Crippen LogP contribution is 2.33. The lowest BCUT2D eigenvalue weighted by Crippen LogP contribution is -2.00. The maximum absolute atomic E-state index is 13.0. The summed E-state index contributed by atoms with van der Waals surface area (Å²) in [6.45, 7) is 1.56. The number of benzene rings is 1. The van der Waals surface area contributed by atoms with Gasteiger partial charge in [0.2, 0.25) is 0 Å². The van der Waals surface area contributed by atoms with Crippen molar-refractivity contribution in [3.63, 3.8) is 0 Å². The number of hydrogen-bond donors (Lipinski definition) is 3. The zero-order chi connectivity index (χ0) is 9.30. The Kier molecular flexibility index (Phi) is 2.19. The van der Waals surface area contributed by atoms with E-state index in [1.165, 1.54) is 6.07 Å². The minimum atomic E-state index is -0.847. The molecule has 1 aromatic rings. The minimum absolute atomic E-state index is 0.000509. The number of aromatic hydroxyl groups is 2. The molecule has 0 radical (unpaired) electrons. The van der Waals surface area contributed by atoms with Crippen LogP contribution in [-0.2, 0) is 6.54 Å². The van der Waals surface area contributed by atoms with Crippen LogP contribution in [0.25, 0.3) is 0 Å². The van der Waals surface area contributed by atoms with E-state index in [-0.39, 0.29) is 12.1 Å². The lowest BCUT2D eigenvalue weighted by Gasteiger charge is -2.06. The molecule has 0 bridgehead atoms. The number of rotatable bonds is 1. The zero-order valence-corrected chi connectivity index (χ0v) is 6.63. The summed E-state index contributed by atoms with van der Waals surface area (Å²) in [4.78, 5) is 0. The van der Waals surface area contributed by atoms with Gasteiger partial charge in [-0.2, -0.15) is 0 Å². The van der Waals surface area contributed by atoms with Crippen LogP contribution >= 0.6 is 0 Å². The maximum atomic E-state index is 13.0. The molecule has 0 unspecified atom stereocenters. The van der Waals surface area contributed by atoms with Crippen LogP contribution in [0.4, 0.5) is 4.39 Å². The van der Waals surface area contributed by atoms with Gasteiger partial charge in [0.05, 0.1) is 0 Å². The second-order valence-corrected chi connectivity index (χ2v) is 2.57. The van der Waals surface area contributed by atoms with Gasteiger partial charge in [0, 0.05) is 12.1 Å². The third-order valence-corrected chi connectivity index (χ3v) is 1.70. The molecule has 1 aromatic carbocycles. The molecule has 1 rings (SSSR count). The highest BCUT2D eigenvalue weighted by molar-refractivity contribution is 5.48. The number of phenols is 2. The van der Waals surface area contributed by atoms with Crippen molar-refractivity contribution in [3.8, 4) is 11.5 Å². The fraction of sp³-hybridized carbons (Fsp3) is 0.250. The van der Waals surface area contributed by atoms with Gasteiger partial charge in [-0.05, 0) is 18.6 Å². The normalized spacial score (nSPS) is 10.2. The smallest absolute Gasteiger partial charge is 0.194 e. The van der Waals surface area contributed by atoms with Gasteiger partial charge in [-0.1, -0.05) is 0 Å². The van der Waals surface area contributed by atoms with E-state index in [1.54, 1.807) is 6.92 Å². The van der Waals surface area contributed by atoms with Crippen molar-refractivity contribution < 1.29 is 14.6 Å². The highest BCUT2D eigenvalue weighted by Gasteiger charge is 2.13. The third-order valence-electron chi connectivity index (χ3n) is 1.70. The van der Waals surface area contributed by atoms with Crippen molar-refractivity contribution in [2.75, 3.05) is 0 Å². The molecule has 12 heavy (non-hydrogen) atoms.